The van der Waals surface area contributed by atoms with Gasteiger partial charge >= 0.3 is 17.9 Å². The Bertz CT molecular complexity index is 1380. The SMILES string of the molecule is CCCCC/C=C\CCCCCCCC(=O)OCC(COC(=O)CCCCCCCCCCCCCCCCCCCCC/C=C\C/C=C\CCCCCCC)OC(=O)CCCCCCCCCCCCCCCCCCCCCCCC. The molecule has 1 unspecified atom stereocenters. The van der Waals surface area contributed by atoms with Crippen LogP contribution >= 0.6 is 0 Å². The van der Waals surface area contributed by atoms with Gasteiger partial charge in [0.15, 0.2) is 6.10 Å². The van der Waals surface area contributed by atoms with Crippen molar-refractivity contribution in [2.24, 2.45) is 0 Å². The molecule has 83 heavy (non-hydrogen) atoms. The average molecular weight is 1170 g/mol. The Balaban J connectivity index is 4.13. The number of hydrogen-bond acceptors (Lipinski definition) is 6. The van der Waals surface area contributed by atoms with Crippen molar-refractivity contribution in [2.45, 2.75) is 425 Å². The minimum Gasteiger partial charge on any atom is -0.462 e. The van der Waals surface area contributed by atoms with E-state index in [0.717, 1.165) is 70.6 Å². The molecule has 0 saturated carbocycles. The molecule has 0 saturated heterocycles. The molecular weight excluding hydrogens is 1020 g/mol. The van der Waals surface area contributed by atoms with E-state index in [0.29, 0.717) is 19.3 Å². The van der Waals surface area contributed by atoms with Crippen molar-refractivity contribution >= 4 is 17.9 Å². The van der Waals surface area contributed by atoms with Gasteiger partial charge in [0, 0.05) is 19.3 Å². The quantitative estimate of drug-likeness (QED) is 0.0261. The van der Waals surface area contributed by atoms with E-state index in [1.807, 2.05) is 0 Å². The summed E-state index contributed by atoms with van der Waals surface area (Å²) in [5.74, 6) is -0.846. The summed E-state index contributed by atoms with van der Waals surface area (Å²) < 4.78 is 17.0. The minimum absolute atomic E-state index is 0.0684. The standard InChI is InChI=1S/C77H144O6/c1-4-7-10-13-16-19-22-25-27-29-31-33-35-36-37-38-39-40-41-42-43-45-46-48-50-52-55-58-61-64-67-70-76(79)82-73-74(72-81-75(78)69-66-63-60-57-54-24-21-18-15-12-9-6-3)83-77(80)71-68-65-62-59-56-53-51-49-47-44-34-32-30-28-26-23-20-17-14-11-8-5-2/h18,21-22,25,29,31,74H,4-17,19-20,23-24,26-28,30,32-73H2,1-3H3/b21-18-,25-22-,31-29-. The lowest BCUT2D eigenvalue weighted by molar-refractivity contribution is -0.167. The maximum atomic E-state index is 13.0. The van der Waals surface area contributed by atoms with Gasteiger partial charge in [-0.3, -0.25) is 14.4 Å². The molecule has 6 heteroatoms. The summed E-state index contributed by atoms with van der Waals surface area (Å²) in [6.45, 7) is 6.68. The molecule has 0 spiro atoms. The Morgan fingerprint density at radius 1 is 0.241 bits per heavy atom. The van der Waals surface area contributed by atoms with Crippen LogP contribution < -0.4 is 0 Å². The van der Waals surface area contributed by atoms with Crippen molar-refractivity contribution in [2.75, 3.05) is 13.2 Å². The maximum Gasteiger partial charge on any atom is 0.306 e. The molecule has 0 aliphatic carbocycles. The van der Waals surface area contributed by atoms with E-state index in [2.05, 4.69) is 57.2 Å². The van der Waals surface area contributed by atoms with E-state index in [9.17, 15) is 14.4 Å². The molecule has 0 N–H and O–H groups in total. The molecular formula is C77H144O6. The van der Waals surface area contributed by atoms with E-state index in [4.69, 9.17) is 14.2 Å². The van der Waals surface area contributed by atoms with Gasteiger partial charge < -0.3 is 14.2 Å². The van der Waals surface area contributed by atoms with Crippen LogP contribution in [0.5, 0.6) is 0 Å². The van der Waals surface area contributed by atoms with Crippen molar-refractivity contribution in [3.8, 4) is 0 Å². The summed E-state index contributed by atoms with van der Waals surface area (Å²) in [5, 5.41) is 0. The number of hydrogen-bond donors (Lipinski definition) is 0. The highest BCUT2D eigenvalue weighted by molar-refractivity contribution is 5.71. The second-order valence-electron chi connectivity index (χ2n) is 25.6. The molecule has 0 radical (unpaired) electrons. The summed E-state index contributed by atoms with van der Waals surface area (Å²) in [6.07, 6.45) is 90.6. The van der Waals surface area contributed by atoms with Crippen LogP contribution in [0.3, 0.4) is 0 Å². The summed E-state index contributed by atoms with van der Waals surface area (Å²) in [4.78, 5) is 38.4. The van der Waals surface area contributed by atoms with E-state index < -0.39 is 6.10 Å². The number of esters is 3. The Morgan fingerprint density at radius 2 is 0.434 bits per heavy atom. The van der Waals surface area contributed by atoms with Crippen LogP contribution in [0.25, 0.3) is 0 Å². The Hall–Kier alpha value is -2.37. The van der Waals surface area contributed by atoms with Gasteiger partial charge in [-0.1, -0.05) is 359 Å². The Labute approximate surface area is 518 Å². The highest BCUT2D eigenvalue weighted by atomic mass is 16.6. The van der Waals surface area contributed by atoms with Crippen LogP contribution in [-0.2, 0) is 28.6 Å². The zero-order valence-corrected chi connectivity index (χ0v) is 56.2. The fourth-order valence-corrected chi connectivity index (χ4v) is 11.5. The molecule has 488 valence electrons. The fraction of sp³-hybridized carbons (Fsp3) is 0.883. The van der Waals surface area contributed by atoms with Crippen molar-refractivity contribution in [1.29, 1.82) is 0 Å². The molecule has 0 rings (SSSR count). The van der Waals surface area contributed by atoms with Crippen LogP contribution in [0, 0.1) is 0 Å². The molecule has 0 amide bonds. The van der Waals surface area contributed by atoms with Gasteiger partial charge in [0.2, 0.25) is 0 Å². The monoisotopic (exact) mass is 1170 g/mol. The lowest BCUT2D eigenvalue weighted by Gasteiger charge is -2.18. The third kappa shape index (κ3) is 70.3. The average Bonchev–Trinajstić information content (AvgIpc) is 3.49. The van der Waals surface area contributed by atoms with Gasteiger partial charge in [0.1, 0.15) is 13.2 Å². The summed E-state index contributed by atoms with van der Waals surface area (Å²) in [7, 11) is 0. The highest BCUT2D eigenvalue weighted by Crippen LogP contribution is 2.19. The highest BCUT2D eigenvalue weighted by Gasteiger charge is 2.20. The van der Waals surface area contributed by atoms with Gasteiger partial charge in [-0.2, -0.15) is 0 Å². The van der Waals surface area contributed by atoms with Gasteiger partial charge in [-0.25, -0.2) is 0 Å². The van der Waals surface area contributed by atoms with Crippen LogP contribution in [-0.4, -0.2) is 37.2 Å². The number of allylic oxidation sites excluding steroid dienone is 6. The van der Waals surface area contributed by atoms with Crippen molar-refractivity contribution in [3.63, 3.8) is 0 Å². The molecule has 0 aromatic heterocycles. The third-order valence-electron chi connectivity index (χ3n) is 17.1. The lowest BCUT2D eigenvalue weighted by atomic mass is 10.0. The van der Waals surface area contributed by atoms with Gasteiger partial charge in [0.05, 0.1) is 0 Å². The summed E-state index contributed by atoms with van der Waals surface area (Å²) >= 11 is 0. The first-order valence-corrected chi connectivity index (χ1v) is 37.5. The first-order valence-electron chi connectivity index (χ1n) is 37.5. The molecule has 0 heterocycles. The van der Waals surface area contributed by atoms with Crippen LogP contribution in [0.1, 0.15) is 419 Å². The minimum atomic E-state index is -0.773. The zero-order valence-electron chi connectivity index (χ0n) is 56.2. The number of unbranched alkanes of at least 4 members (excludes halogenated alkanes) is 53. The molecule has 0 aromatic rings. The number of carbonyl (C=O) groups is 3. The molecule has 0 bridgehead atoms. The predicted octanol–water partition coefficient (Wildman–Crippen LogP) is 25.9. The molecule has 0 aliphatic heterocycles. The van der Waals surface area contributed by atoms with Gasteiger partial charge in [-0.05, 0) is 77.0 Å². The fourth-order valence-electron chi connectivity index (χ4n) is 11.5. The summed E-state index contributed by atoms with van der Waals surface area (Å²) in [5.41, 5.74) is 0. The van der Waals surface area contributed by atoms with Crippen molar-refractivity contribution < 1.29 is 28.6 Å². The molecule has 6 nitrogen and oxygen atoms in total. The molecule has 1 atom stereocenters. The van der Waals surface area contributed by atoms with E-state index in [1.54, 1.807) is 0 Å². The lowest BCUT2D eigenvalue weighted by Crippen LogP contribution is -2.30. The smallest absolute Gasteiger partial charge is 0.306 e. The zero-order chi connectivity index (χ0) is 59.9. The van der Waals surface area contributed by atoms with E-state index in [1.165, 1.54) is 308 Å². The predicted molar refractivity (Wildman–Crippen MR) is 362 cm³/mol. The molecule has 0 aliphatic rings. The number of carbonyl (C=O) groups excluding carboxylic acids is 3. The third-order valence-corrected chi connectivity index (χ3v) is 17.1. The summed E-state index contributed by atoms with van der Waals surface area (Å²) in [6, 6.07) is 0. The van der Waals surface area contributed by atoms with Crippen LogP contribution in [0.15, 0.2) is 36.5 Å². The van der Waals surface area contributed by atoms with Gasteiger partial charge in [0.25, 0.3) is 0 Å². The largest absolute Gasteiger partial charge is 0.462 e. The topological polar surface area (TPSA) is 78.9 Å². The maximum absolute atomic E-state index is 13.0. The normalized spacial score (nSPS) is 12.2. The van der Waals surface area contributed by atoms with E-state index >= 15 is 0 Å². The van der Waals surface area contributed by atoms with Crippen molar-refractivity contribution in [1.82, 2.24) is 0 Å². The first-order chi connectivity index (χ1) is 41.0. The number of rotatable bonds is 70. The van der Waals surface area contributed by atoms with Crippen molar-refractivity contribution in [3.05, 3.63) is 36.5 Å². The molecule has 0 aromatic carbocycles. The second-order valence-corrected chi connectivity index (χ2v) is 25.6. The molecule has 0 fully saturated rings. The first kappa shape index (κ1) is 80.6. The Kier molecular flexibility index (Phi) is 70.0. The van der Waals surface area contributed by atoms with Gasteiger partial charge in [-0.15, -0.1) is 0 Å². The van der Waals surface area contributed by atoms with Crippen LogP contribution in [0.2, 0.25) is 0 Å². The number of ether oxygens (including phenoxy) is 3. The van der Waals surface area contributed by atoms with E-state index in [-0.39, 0.29) is 31.1 Å². The van der Waals surface area contributed by atoms with Crippen LogP contribution in [0.4, 0.5) is 0 Å². The Morgan fingerprint density at radius 3 is 0.699 bits per heavy atom. The second kappa shape index (κ2) is 72.1.